The molecule has 0 aromatic carbocycles. The van der Waals surface area contributed by atoms with E-state index in [1.807, 2.05) is 14.1 Å². The van der Waals surface area contributed by atoms with Crippen LogP contribution in [0.15, 0.2) is 12.2 Å². The molecule has 0 rings (SSSR count). The van der Waals surface area contributed by atoms with E-state index in [4.69, 9.17) is 16.3 Å². The lowest BCUT2D eigenvalue weighted by molar-refractivity contribution is -0.150. The summed E-state index contributed by atoms with van der Waals surface area (Å²) in [5, 5.41) is 0. The number of carbonyl (C=O) groups excluding carboxylic acids is 1. The van der Waals surface area contributed by atoms with Gasteiger partial charge in [-0.25, -0.2) is 4.79 Å². The second-order valence-electron chi connectivity index (χ2n) is 8.03. The molecular weight excluding hydrogens is 370 g/mol. The van der Waals surface area contributed by atoms with Gasteiger partial charge in [-0.15, -0.1) is 11.6 Å². The number of carbonyl (C=O) groups is 1. The predicted octanol–water partition coefficient (Wildman–Crippen LogP) is 7.72. The maximum Gasteiger partial charge on any atom is 0.334 e. The monoisotopic (exact) mass is 417 g/mol. The molecule has 0 saturated carbocycles. The average Bonchev–Trinajstić information content (AvgIpc) is 2.65. The van der Waals surface area contributed by atoms with Crippen LogP contribution in [0.1, 0.15) is 111 Å². The standard InChI is InChI=1S/C16H33Cl.C8H15NO2/c1-2-3-4-5-6-7-8-9-10-11-12-13-14-15-16-17;1-6(2)8(10)11-7(3)9(4)5/h2-16H2,1H3;7H,1H2,2-5H3. The van der Waals surface area contributed by atoms with Crippen LogP contribution in [0.2, 0.25) is 0 Å². The molecule has 4 heteroatoms. The van der Waals surface area contributed by atoms with Crippen LogP contribution < -0.4 is 0 Å². The normalized spacial score (nSPS) is 11.7. The minimum atomic E-state index is -0.341. The smallest absolute Gasteiger partial charge is 0.334 e. The lowest BCUT2D eigenvalue weighted by atomic mass is 10.0. The first-order valence-corrected chi connectivity index (χ1v) is 12.0. The van der Waals surface area contributed by atoms with Crippen molar-refractivity contribution in [3.05, 3.63) is 12.2 Å². The Morgan fingerprint density at radius 3 is 1.50 bits per heavy atom. The minimum absolute atomic E-state index is 0.195. The molecule has 168 valence electrons. The van der Waals surface area contributed by atoms with Gasteiger partial charge in [0, 0.05) is 11.5 Å². The van der Waals surface area contributed by atoms with Gasteiger partial charge in [-0.2, -0.15) is 0 Å². The molecule has 0 aliphatic rings. The number of nitrogens with zero attached hydrogens (tertiary/aromatic N) is 1. The van der Waals surface area contributed by atoms with E-state index < -0.39 is 0 Å². The van der Waals surface area contributed by atoms with Crippen LogP contribution in [0.4, 0.5) is 0 Å². The fourth-order valence-corrected chi connectivity index (χ4v) is 2.84. The zero-order valence-corrected chi connectivity index (χ0v) is 20.3. The Hall–Kier alpha value is -0.540. The SMILES string of the molecule is C=C(C)C(=O)OC(C)N(C)C.CCCCCCCCCCCCCCCCCl. The van der Waals surface area contributed by atoms with Crippen molar-refractivity contribution in [2.75, 3.05) is 20.0 Å². The van der Waals surface area contributed by atoms with Crippen molar-refractivity contribution in [1.29, 1.82) is 0 Å². The number of halogens is 1. The van der Waals surface area contributed by atoms with Gasteiger partial charge in [0.25, 0.3) is 0 Å². The van der Waals surface area contributed by atoms with E-state index in [1.54, 1.807) is 18.7 Å². The Bertz CT molecular complexity index is 345. The number of esters is 1. The third-order valence-corrected chi connectivity index (χ3v) is 5.11. The van der Waals surface area contributed by atoms with Crippen LogP contribution >= 0.6 is 11.6 Å². The van der Waals surface area contributed by atoms with Crippen molar-refractivity contribution in [2.45, 2.75) is 117 Å². The molecular formula is C24H48ClNO2. The van der Waals surface area contributed by atoms with Crippen molar-refractivity contribution in [3.8, 4) is 0 Å². The first-order chi connectivity index (χ1) is 13.4. The van der Waals surface area contributed by atoms with Crippen LogP contribution in [0.25, 0.3) is 0 Å². The van der Waals surface area contributed by atoms with Gasteiger partial charge < -0.3 is 4.74 Å². The van der Waals surface area contributed by atoms with E-state index in [1.165, 1.54) is 89.9 Å². The molecule has 0 N–H and O–H groups in total. The molecule has 0 aliphatic heterocycles. The third kappa shape index (κ3) is 23.5. The second kappa shape index (κ2) is 22.7. The zero-order valence-electron chi connectivity index (χ0n) is 19.5. The van der Waals surface area contributed by atoms with E-state index in [2.05, 4.69) is 13.5 Å². The van der Waals surface area contributed by atoms with E-state index in [0.29, 0.717) is 5.57 Å². The Labute approximate surface area is 181 Å². The lowest BCUT2D eigenvalue weighted by Crippen LogP contribution is -2.30. The first-order valence-electron chi connectivity index (χ1n) is 11.5. The molecule has 0 aliphatic carbocycles. The van der Waals surface area contributed by atoms with Crippen molar-refractivity contribution in [1.82, 2.24) is 4.90 Å². The highest BCUT2D eigenvalue weighted by Crippen LogP contribution is 2.12. The average molecular weight is 418 g/mol. The number of unbranched alkanes of at least 4 members (excludes halogenated alkanes) is 13. The topological polar surface area (TPSA) is 29.5 Å². The van der Waals surface area contributed by atoms with E-state index in [-0.39, 0.29) is 12.2 Å². The predicted molar refractivity (Wildman–Crippen MR) is 125 cm³/mol. The summed E-state index contributed by atoms with van der Waals surface area (Å²) in [5.41, 5.74) is 0.429. The van der Waals surface area contributed by atoms with Gasteiger partial charge >= 0.3 is 5.97 Å². The molecule has 1 atom stereocenters. The summed E-state index contributed by atoms with van der Waals surface area (Å²) < 4.78 is 4.96. The molecule has 0 radical (unpaired) electrons. The summed E-state index contributed by atoms with van der Waals surface area (Å²) in [5.74, 6) is 0.504. The van der Waals surface area contributed by atoms with Crippen molar-refractivity contribution >= 4 is 17.6 Å². The summed E-state index contributed by atoms with van der Waals surface area (Å²) in [7, 11) is 3.69. The summed E-state index contributed by atoms with van der Waals surface area (Å²) in [6, 6.07) is 0. The van der Waals surface area contributed by atoms with Crippen LogP contribution in [0, 0.1) is 0 Å². The summed E-state index contributed by atoms with van der Waals surface area (Å²) in [6.07, 6.45) is 19.6. The Kier molecular flexibility index (Phi) is 24.1. The molecule has 1 unspecified atom stereocenters. The van der Waals surface area contributed by atoms with Crippen molar-refractivity contribution in [2.24, 2.45) is 0 Å². The molecule has 0 heterocycles. The van der Waals surface area contributed by atoms with Gasteiger partial charge in [-0.3, -0.25) is 4.90 Å². The highest BCUT2D eigenvalue weighted by atomic mass is 35.5. The largest absolute Gasteiger partial charge is 0.443 e. The third-order valence-electron chi connectivity index (χ3n) is 4.84. The van der Waals surface area contributed by atoms with Gasteiger partial charge in [0.2, 0.25) is 0 Å². The Morgan fingerprint density at radius 2 is 1.21 bits per heavy atom. The van der Waals surface area contributed by atoms with Gasteiger partial charge in [0.1, 0.15) is 0 Å². The van der Waals surface area contributed by atoms with Crippen LogP contribution in [-0.2, 0) is 9.53 Å². The van der Waals surface area contributed by atoms with E-state index in [0.717, 1.165) is 5.88 Å². The molecule has 28 heavy (non-hydrogen) atoms. The second-order valence-corrected chi connectivity index (χ2v) is 8.41. The number of rotatable bonds is 17. The van der Waals surface area contributed by atoms with Crippen LogP contribution in [0.5, 0.6) is 0 Å². The van der Waals surface area contributed by atoms with Crippen LogP contribution in [0.3, 0.4) is 0 Å². The number of hydrogen-bond acceptors (Lipinski definition) is 3. The molecule has 0 aromatic rings. The number of alkyl halides is 1. The molecule has 0 aromatic heterocycles. The fraction of sp³-hybridized carbons (Fsp3) is 0.875. The lowest BCUT2D eigenvalue weighted by Gasteiger charge is -2.19. The van der Waals surface area contributed by atoms with Crippen molar-refractivity contribution < 1.29 is 9.53 Å². The van der Waals surface area contributed by atoms with Crippen molar-refractivity contribution in [3.63, 3.8) is 0 Å². The van der Waals surface area contributed by atoms with Gasteiger partial charge in [-0.05, 0) is 34.4 Å². The van der Waals surface area contributed by atoms with E-state index >= 15 is 0 Å². The maximum atomic E-state index is 10.9. The van der Waals surface area contributed by atoms with Crippen LogP contribution in [-0.4, -0.2) is 37.1 Å². The Balaban J connectivity index is 0. The number of hydrogen-bond donors (Lipinski definition) is 0. The zero-order chi connectivity index (χ0) is 21.6. The highest BCUT2D eigenvalue weighted by molar-refractivity contribution is 6.17. The quantitative estimate of drug-likeness (QED) is 0.0797. The summed E-state index contributed by atoms with van der Waals surface area (Å²) in [6.45, 7) is 9.20. The van der Waals surface area contributed by atoms with Gasteiger partial charge in [0.05, 0.1) is 0 Å². The molecule has 0 fully saturated rings. The fourth-order valence-electron chi connectivity index (χ4n) is 2.65. The number of ether oxygens (including phenoxy) is 1. The molecule has 0 saturated heterocycles. The first kappa shape index (κ1) is 29.7. The molecule has 0 amide bonds. The Morgan fingerprint density at radius 1 is 0.857 bits per heavy atom. The highest BCUT2D eigenvalue weighted by Gasteiger charge is 2.10. The van der Waals surface area contributed by atoms with Gasteiger partial charge in [0.15, 0.2) is 6.23 Å². The molecule has 0 bridgehead atoms. The summed E-state index contributed by atoms with van der Waals surface area (Å²) >= 11 is 5.64. The van der Waals surface area contributed by atoms with Gasteiger partial charge in [-0.1, -0.05) is 97.0 Å². The molecule has 0 spiro atoms. The minimum Gasteiger partial charge on any atom is -0.443 e. The molecule has 3 nitrogen and oxygen atoms in total. The van der Waals surface area contributed by atoms with E-state index in [9.17, 15) is 4.79 Å². The maximum absolute atomic E-state index is 10.9. The summed E-state index contributed by atoms with van der Waals surface area (Å²) in [4.78, 5) is 12.7.